The van der Waals surface area contributed by atoms with Crippen LogP contribution in [-0.4, -0.2) is 49.7 Å². The SMILES string of the molecule is COC(=O)c1c(-c2cccc(OC)c2OCC#N)nn(-c2ccccc2)c1C(=O)OC. The number of methoxy groups -OCH3 is 3. The van der Waals surface area contributed by atoms with Crippen LogP contribution in [0.1, 0.15) is 20.8 Å². The lowest BCUT2D eigenvalue weighted by Crippen LogP contribution is -2.15. The molecule has 0 spiro atoms. The van der Waals surface area contributed by atoms with Gasteiger partial charge in [0.2, 0.25) is 0 Å². The summed E-state index contributed by atoms with van der Waals surface area (Å²) < 4.78 is 22.1. The van der Waals surface area contributed by atoms with Crippen LogP contribution in [0.4, 0.5) is 0 Å². The standard InChI is InChI=1S/C22H19N3O6/c1-28-16-11-7-10-15(20(16)31-13-12-23)18-17(21(26)29-2)19(22(27)30-3)25(24-18)14-8-5-4-6-9-14/h4-11H,13H2,1-3H3. The lowest BCUT2D eigenvalue weighted by Gasteiger charge is -2.13. The highest BCUT2D eigenvalue weighted by Gasteiger charge is 2.33. The predicted molar refractivity (Wildman–Crippen MR) is 109 cm³/mol. The zero-order valence-corrected chi connectivity index (χ0v) is 17.1. The Hall–Kier alpha value is -4.32. The number of nitriles is 1. The molecule has 2 aromatic carbocycles. The van der Waals surface area contributed by atoms with E-state index in [0.717, 1.165) is 0 Å². The van der Waals surface area contributed by atoms with Crippen LogP contribution in [0.2, 0.25) is 0 Å². The molecule has 0 radical (unpaired) electrons. The fraction of sp³-hybridized carbons (Fsp3) is 0.182. The number of carbonyl (C=O) groups is 2. The van der Waals surface area contributed by atoms with Gasteiger partial charge in [-0.25, -0.2) is 14.3 Å². The maximum Gasteiger partial charge on any atom is 0.357 e. The van der Waals surface area contributed by atoms with Crippen LogP contribution in [0.3, 0.4) is 0 Å². The molecule has 0 aliphatic carbocycles. The minimum absolute atomic E-state index is 0.103. The largest absolute Gasteiger partial charge is 0.493 e. The zero-order chi connectivity index (χ0) is 22.4. The maximum absolute atomic E-state index is 12.8. The molecule has 1 aromatic heterocycles. The van der Waals surface area contributed by atoms with E-state index in [1.54, 1.807) is 42.5 Å². The summed E-state index contributed by atoms with van der Waals surface area (Å²) >= 11 is 0. The number of nitrogens with zero attached hydrogens (tertiary/aromatic N) is 3. The second-order valence-electron chi connectivity index (χ2n) is 6.09. The fourth-order valence-electron chi connectivity index (χ4n) is 3.06. The third-order valence-electron chi connectivity index (χ3n) is 4.39. The number of benzene rings is 2. The molecule has 31 heavy (non-hydrogen) atoms. The third-order valence-corrected chi connectivity index (χ3v) is 4.39. The molecule has 0 fully saturated rings. The van der Waals surface area contributed by atoms with Gasteiger partial charge in [0.05, 0.1) is 27.0 Å². The maximum atomic E-state index is 12.8. The summed E-state index contributed by atoms with van der Waals surface area (Å²) in [4.78, 5) is 25.4. The van der Waals surface area contributed by atoms with Crippen LogP contribution in [0.25, 0.3) is 16.9 Å². The second kappa shape index (κ2) is 9.45. The van der Waals surface area contributed by atoms with Crippen LogP contribution >= 0.6 is 0 Å². The first kappa shape index (κ1) is 21.4. The molecular weight excluding hydrogens is 402 g/mol. The van der Waals surface area contributed by atoms with Gasteiger partial charge >= 0.3 is 11.9 Å². The van der Waals surface area contributed by atoms with Crippen LogP contribution in [0.5, 0.6) is 11.5 Å². The fourth-order valence-corrected chi connectivity index (χ4v) is 3.06. The molecule has 0 saturated carbocycles. The van der Waals surface area contributed by atoms with Crippen LogP contribution < -0.4 is 9.47 Å². The molecule has 0 unspecified atom stereocenters. The van der Waals surface area contributed by atoms with Crippen molar-refractivity contribution in [3.05, 3.63) is 59.8 Å². The van der Waals surface area contributed by atoms with Gasteiger partial charge in [-0.2, -0.15) is 10.4 Å². The molecule has 158 valence electrons. The number of hydrogen-bond donors (Lipinski definition) is 0. The zero-order valence-electron chi connectivity index (χ0n) is 17.1. The lowest BCUT2D eigenvalue weighted by atomic mass is 10.0. The molecule has 9 nitrogen and oxygen atoms in total. The van der Waals surface area contributed by atoms with E-state index in [4.69, 9.17) is 24.2 Å². The van der Waals surface area contributed by atoms with E-state index in [1.165, 1.54) is 26.0 Å². The van der Waals surface area contributed by atoms with Gasteiger partial charge in [-0.05, 0) is 24.3 Å². The molecule has 3 rings (SSSR count). The molecule has 0 amide bonds. The first-order chi connectivity index (χ1) is 15.1. The van der Waals surface area contributed by atoms with E-state index in [1.807, 2.05) is 12.1 Å². The molecular formula is C22H19N3O6. The summed E-state index contributed by atoms with van der Waals surface area (Å²) in [7, 11) is 3.85. The first-order valence-electron chi connectivity index (χ1n) is 9.09. The molecule has 0 aliphatic heterocycles. The average Bonchev–Trinajstić information content (AvgIpc) is 3.22. The Morgan fingerprint density at radius 2 is 1.71 bits per heavy atom. The Labute approximate surface area is 178 Å². The Bertz CT molecular complexity index is 1150. The molecule has 1 heterocycles. The molecule has 3 aromatic rings. The van der Waals surface area contributed by atoms with Crippen molar-refractivity contribution < 1.29 is 28.5 Å². The molecule has 9 heteroatoms. The smallest absolute Gasteiger partial charge is 0.357 e. The predicted octanol–water partition coefficient (Wildman–Crippen LogP) is 3.02. The van der Waals surface area contributed by atoms with Gasteiger partial charge in [-0.15, -0.1) is 0 Å². The summed E-state index contributed by atoms with van der Waals surface area (Å²) in [5.41, 5.74) is 0.775. The van der Waals surface area contributed by atoms with Crippen molar-refractivity contribution in [3.63, 3.8) is 0 Å². The second-order valence-corrected chi connectivity index (χ2v) is 6.09. The van der Waals surface area contributed by atoms with Crippen molar-refractivity contribution in [1.29, 1.82) is 5.26 Å². The molecule has 0 atom stereocenters. The number of esters is 2. The number of rotatable bonds is 7. The third kappa shape index (κ3) is 4.04. The van der Waals surface area contributed by atoms with Crippen LogP contribution in [0.15, 0.2) is 48.5 Å². The molecule has 0 bridgehead atoms. The highest BCUT2D eigenvalue weighted by molar-refractivity contribution is 6.07. The average molecular weight is 421 g/mol. The van der Waals surface area contributed by atoms with Crippen molar-refractivity contribution in [2.24, 2.45) is 0 Å². The van der Waals surface area contributed by atoms with E-state index in [0.29, 0.717) is 17.0 Å². The minimum atomic E-state index is -0.786. The normalized spacial score (nSPS) is 10.1. The highest BCUT2D eigenvalue weighted by atomic mass is 16.5. The first-order valence-corrected chi connectivity index (χ1v) is 9.09. The van der Waals surface area contributed by atoms with Gasteiger partial charge in [0.1, 0.15) is 17.3 Å². The number of ether oxygens (including phenoxy) is 4. The summed E-state index contributed by atoms with van der Waals surface area (Å²) in [5.74, 6) is -1.03. The number of hydrogen-bond acceptors (Lipinski definition) is 8. The van der Waals surface area contributed by atoms with E-state index in [9.17, 15) is 9.59 Å². The molecule has 0 aliphatic rings. The van der Waals surface area contributed by atoms with Crippen LogP contribution in [-0.2, 0) is 9.47 Å². The summed E-state index contributed by atoms with van der Waals surface area (Å²) in [6.07, 6.45) is 0. The topological polar surface area (TPSA) is 113 Å². The molecule has 0 saturated heterocycles. The highest BCUT2D eigenvalue weighted by Crippen LogP contribution is 2.40. The Morgan fingerprint density at radius 3 is 2.32 bits per heavy atom. The van der Waals surface area contributed by atoms with E-state index in [-0.39, 0.29) is 29.3 Å². The van der Waals surface area contributed by atoms with Crippen molar-refractivity contribution in [1.82, 2.24) is 9.78 Å². The van der Waals surface area contributed by atoms with Gasteiger partial charge in [-0.1, -0.05) is 24.3 Å². The van der Waals surface area contributed by atoms with Gasteiger partial charge in [0.15, 0.2) is 23.8 Å². The Morgan fingerprint density at radius 1 is 1.00 bits per heavy atom. The van der Waals surface area contributed by atoms with Gasteiger partial charge in [-0.3, -0.25) is 0 Å². The minimum Gasteiger partial charge on any atom is -0.493 e. The van der Waals surface area contributed by atoms with Gasteiger partial charge < -0.3 is 18.9 Å². The quantitative estimate of drug-likeness (QED) is 0.535. The van der Waals surface area contributed by atoms with E-state index >= 15 is 0 Å². The van der Waals surface area contributed by atoms with Gasteiger partial charge in [0.25, 0.3) is 0 Å². The van der Waals surface area contributed by atoms with Crippen molar-refractivity contribution in [2.45, 2.75) is 0 Å². The molecule has 0 N–H and O–H groups in total. The number of para-hydroxylation sites is 2. The monoisotopic (exact) mass is 421 g/mol. The van der Waals surface area contributed by atoms with Crippen molar-refractivity contribution in [3.8, 4) is 34.5 Å². The van der Waals surface area contributed by atoms with E-state index < -0.39 is 11.9 Å². The Balaban J connectivity index is 2.39. The summed E-state index contributed by atoms with van der Waals surface area (Å²) in [5, 5.41) is 13.5. The van der Waals surface area contributed by atoms with Gasteiger partial charge in [0, 0.05) is 5.56 Å². The van der Waals surface area contributed by atoms with Crippen molar-refractivity contribution in [2.75, 3.05) is 27.9 Å². The Kier molecular flexibility index (Phi) is 6.52. The van der Waals surface area contributed by atoms with Crippen LogP contribution in [0, 0.1) is 11.3 Å². The summed E-state index contributed by atoms with van der Waals surface area (Å²) in [6.45, 7) is -0.260. The van der Waals surface area contributed by atoms with Crippen molar-refractivity contribution >= 4 is 11.9 Å². The summed E-state index contributed by atoms with van der Waals surface area (Å²) in [6, 6.07) is 15.6. The lowest BCUT2D eigenvalue weighted by molar-refractivity contribution is 0.0549. The van der Waals surface area contributed by atoms with E-state index in [2.05, 4.69) is 5.10 Å². The number of carbonyl (C=O) groups excluding carboxylic acids is 2. The number of aromatic nitrogens is 2.